The highest BCUT2D eigenvalue weighted by Crippen LogP contribution is 2.34. The van der Waals surface area contributed by atoms with Gasteiger partial charge in [-0.3, -0.25) is 0 Å². The molecule has 0 atom stereocenters. The van der Waals surface area contributed by atoms with E-state index in [1.54, 1.807) is 6.07 Å². The molecule has 0 aromatic heterocycles. The number of rotatable bonds is 7. The quantitative estimate of drug-likeness (QED) is 0.318. The van der Waals surface area contributed by atoms with E-state index >= 15 is 0 Å². The molecule has 0 saturated carbocycles. The maximum absolute atomic E-state index is 6.52. The number of ether oxygens (including phenoxy) is 1. The molecule has 0 amide bonds. The first-order valence-corrected chi connectivity index (χ1v) is 10.8. The van der Waals surface area contributed by atoms with Crippen LogP contribution in [0.3, 0.4) is 0 Å². The number of hydrogen-bond acceptors (Lipinski definition) is 2. The summed E-state index contributed by atoms with van der Waals surface area (Å²) in [5.74, 6) is 0.662. The van der Waals surface area contributed by atoms with Crippen molar-refractivity contribution in [3.63, 3.8) is 0 Å². The molecule has 2 nitrogen and oxygen atoms in total. The number of hydrogen-bond donors (Lipinski definition) is 1. The number of benzene rings is 4. The van der Waals surface area contributed by atoms with E-state index in [2.05, 4.69) is 60.8 Å². The van der Waals surface area contributed by atoms with Gasteiger partial charge in [0, 0.05) is 22.8 Å². The van der Waals surface area contributed by atoms with Crippen molar-refractivity contribution in [2.45, 2.75) is 26.5 Å². The first-order chi connectivity index (χ1) is 14.7. The summed E-state index contributed by atoms with van der Waals surface area (Å²) in [6, 6.07) is 26.5. The molecule has 4 heteroatoms. The van der Waals surface area contributed by atoms with Gasteiger partial charge < -0.3 is 10.1 Å². The summed E-state index contributed by atoms with van der Waals surface area (Å²) in [4.78, 5) is 0. The Kier molecular flexibility index (Phi) is 6.47. The van der Waals surface area contributed by atoms with Crippen LogP contribution in [0.1, 0.15) is 23.6 Å². The Morgan fingerprint density at radius 2 is 1.53 bits per heavy atom. The van der Waals surface area contributed by atoms with Crippen LogP contribution in [0.2, 0.25) is 10.0 Å². The Morgan fingerprint density at radius 1 is 0.800 bits per heavy atom. The van der Waals surface area contributed by atoms with Crippen molar-refractivity contribution in [3.8, 4) is 5.75 Å². The van der Waals surface area contributed by atoms with Gasteiger partial charge in [-0.05, 0) is 46.5 Å². The molecule has 4 aromatic rings. The molecule has 0 heterocycles. The largest absolute Gasteiger partial charge is 0.487 e. The lowest BCUT2D eigenvalue weighted by molar-refractivity contribution is 0.305. The van der Waals surface area contributed by atoms with Crippen LogP contribution in [-0.4, -0.2) is 0 Å². The zero-order chi connectivity index (χ0) is 20.9. The third-order valence-corrected chi connectivity index (χ3v) is 5.70. The molecule has 0 aliphatic carbocycles. The van der Waals surface area contributed by atoms with Crippen molar-refractivity contribution >= 4 is 39.7 Å². The Morgan fingerprint density at radius 3 is 2.40 bits per heavy atom. The maximum Gasteiger partial charge on any atom is 0.143 e. The monoisotopic (exact) mass is 435 g/mol. The average Bonchev–Trinajstić information content (AvgIpc) is 2.77. The third-order valence-electron chi connectivity index (χ3n) is 5.20. The highest BCUT2D eigenvalue weighted by molar-refractivity contribution is 6.35. The molecule has 0 bridgehead atoms. The van der Waals surface area contributed by atoms with E-state index in [4.69, 9.17) is 27.9 Å². The molecule has 0 fully saturated rings. The van der Waals surface area contributed by atoms with Gasteiger partial charge in [0.1, 0.15) is 12.4 Å². The predicted molar refractivity (Wildman–Crippen MR) is 128 cm³/mol. The minimum atomic E-state index is 0.432. The SMILES string of the molecule is CCc1ccccc1NCc1cc(Cl)cc(Cl)c1OCc1cccc2ccccc12. The second kappa shape index (κ2) is 9.42. The zero-order valence-corrected chi connectivity index (χ0v) is 18.3. The van der Waals surface area contributed by atoms with E-state index in [1.165, 1.54) is 16.3 Å². The fraction of sp³-hybridized carbons (Fsp3) is 0.154. The topological polar surface area (TPSA) is 21.3 Å². The molecule has 152 valence electrons. The molecule has 0 spiro atoms. The lowest BCUT2D eigenvalue weighted by Gasteiger charge is -2.17. The number of anilines is 1. The molecule has 0 saturated heterocycles. The molecule has 1 N–H and O–H groups in total. The van der Waals surface area contributed by atoms with Crippen LogP contribution in [-0.2, 0) is 19.6 Å². The number of nitrogens with one attached hydrogen (secondary N) is 1. The second-order valence-corrected chi connectivity index (χ2v) is 8.01. The Labute approximate surface area is 187 Å². The van der Waals surface area contributed by atoms with Crippen molar-refractivity contribution in [1.82, 2.24) is 0 Å². The van der Waals surface area contributed by atoms with Gasteiger partial charge in [-0.2, -0.15) is 0 Å². The van der Waals surface area contributed by atoms with Crippen molar-refractivity contribution < 1.29 is 4.74 Å². The van der Waals surface area contributed by atoms with Crippen LogP contribution in [0.4, 0.5) is 5.69 Å². The Bertz CT molecular complexity index is 1170. The van der Waals surface area contributed by atoms with E-state index in [0.29, 0.717) is 28.9 Å². The molecule has 0 unspecified atom stereocenters. The van der Waals surface area contributed by atoms with E-state index in [0.717, 1.165) is 23.2 Å². The number of aryl methyl sites for hydroxylation is 1. The number of fused-ring (bicyclic) bond motifs is 1. The van der Waals surface area contributed by atoms with Crippen molar-refractivity contribution in [2.24, 2.45) is 0 Å². The zero-order valence-electron chi connectivity index (χ0n) is 16.8. The normalized spacial score (nSPS) is 10.9. The van der Waals surface area contributed by atoms with Gasteiger partial charge in [0.25, 0.3) is 0 Å². The van der Waals surface area contributed by atoms with Gasteiger partial charge in [-0.1, -0.05) is 90.8 Å². The average molecular weight is 436 g/mol. The maximum atomic E-state index is 6.52. The molecule has 4 rings (SSSR count). The van der Waals surface area contributed by atoms with Crippen LogP contribution in [0.5, 0.6) is 5.75 Å². The van der Waals surface area contributed by atoms with Crippen LogP contribution in [0.25, 0.3) is 10.8 Å². The Balaban J connectivity index is 1.58. The lowest BCUT2D eigenvalue weighted by Crippen LogP contribution is -2.06. The summed E-state index contributed by atoms with van der Waals surface area (Å²) < 4.78 is 6.23. The van der Waals surface area contributed by atoms with Gasteiger partial charge in [0.15, 0.2) is 0 Å². The minimum Gasteiger partial charge on any atom is -0.487 e. The minimum absolute atomic E-state index is 0.432. The number of halogens is 2. The smallest absolute Gasteiger partial charge is 0.143 e. The van der Waals surface area contributed by atoms with Crippen molar-refractivity contribution in [2.75, 3.05) is 5.32 Å². The van der Waals surface area contributed by atoms with E-state index in [-0.39, 0.29) is 0 Å². The van der Waals surface area contributed by atoms with Gasteiger partial charge in [-0.15, -0.1) is 0 Å². The van der Waals surface area contributed by atoms with Gasteiger partial charge in [0.2, 0.25) is 0 Å². The van der Waals surface area contributed by atoms with Crippen LogP contribution >= 0.6 is 23.2 Å². The van der Waals surface area contributed by atoms with Crippen molar-refractivity contribution in [3.05, 3.63) is 106 Å². The third kappa shape index (κ3) is 4.56. The first-order valence-electron chi connectivity index (χ1n) is 10.0. The molecule has 4 aromatic carbocycles. The Hall–Kier alpha value is -2.68. The highest BCUT2D eigenvalue weighted by atomic mass is 35.5. The molecule has 0 aliphatic rings. The van der Waals surface area contributed by atoms with Crippen LogP contribution < -0.4 is 10.1 Å². The highest BCUT2D eigenvalue weighted by Gasteiger charge is 2.13. The van der Waals surface area contributed by atoms with Gasteiger partial charge in [-0.25, -0.2) is 0 Å². The van der Waals surface area contributed by atoms with E-state index < -0.39 is 0 Å². The fourth-order valence-electron chi connectivity index (χ4n) is 3.67. The summed E-state index contributed by atoms with van der Waals surface area (Å²) in [7, 11) is 0. The molecule has 0 aliphatic heterocycles. The van der Waals surface area contributed by atoms with E-state index in [9.17, 15) is 0 Å². The molecule has 0 radical (unpaired) electrons. The summed E-state index contributed by atoms with van der Waals surface area (Å²) in [6.45, 7) is 3.15. The summed E-state index contributed by atoms with van der Waals surface area (Å²) in [5.41, 5.74) is 4.42. The summed E-state index contributed by atoms with van der Waals surface area (Å²) in [6.07, 6.45) is 0.962. The summed E-state index contributed by atoms with van der Waals surface area (Å²) >= 11 is 12.8. The standard InChI is InChI=1S/C26H23Cl2NO/c1-2-18-8-4-6-13-25(18)29-16-21-14-22(27)15-24(28)26(21)30-17-20-11-7-10-19-9-3-5-12-23(19)20/h3-15,29H,2,16-17H2,1H3. The molecular weight excluding hydrogens is 413 g/mol. The molecular formula is C26H23Cl2NO. The molecule has 30 heavy (non-hydrogen) atoms. The first kappa shape index (κ1) is 20.6. The number of para-hydroxylation sites is 1. The van der Waals surface area contributed by atoms with Gasteiger partial charge in [0.05, 0.1) is 5.02 Å². The van der Waals surface area contributed by atoms with Crippen LogP contribution in [0.15, 0.2) is 78.9 Å². The van der Waals surface area contributed by atoms with Gasteiger partial charge >= 0.3 is 0 Å². The van der Waals surface area contributed by atoms with E-state index in [1.807, 2.05) is 24.3 Å². The van der Waals surface area contributed by atoms with Crippen LogP contribution in [0, 0.1) is 0 Å². The lowest BCUT2D eigenvalue weighted by atomic mass is 10.1. The fourth-order valence-corrected chi connectivity index (χ4v) is 4.26. The van der Waals surface area contributed by atoms with Crippen molar-refractivity contribution in [1.29, 1.82) is 0 Å². The predicted octanol–water partition coefficient (Wildman–Crippen LogP) is 7.90. The summed E-state index contributed by atoms with van der Waals surface area (Å²) in [5, 5.41) is 6.99. The second-order valence-electron chi connectivity index (χ2n) is 7.17.